The van der Waals surface area contributed by atoms with Crippen LogP contribution >= 0.6 is 0 Å². The van der Waals surface area contributed by atoms with E-state index < -0.39 is 39.4 Å². The molecule has 42 heavy (non-hydrogen) atoms. The zero-order valence-electron chi connectivity index (χ0n) is 23.5. The average Bonchev–Trinajstić information content (AvgIpc) is 3.16. The molecule has 1 atom stereocenters. The molecule has 0 aliphatic rings. The van der Waals surface area contributed by atoms with Crippen molar-refractivity contribution >= 4 is 32.8 Å². The largest absolute Gasteiger partial charge is 0.465 e. The Morgan fingerprint density at radius 3 is 2.36 bits per heavy atom. The summed E-state index contributed by atoms with van der Waals surface area (Å²) >= 11 is 0. The molecule has 0 spiro atoms. The van der Waals surface area contributed by atoms with E-state index in [9.17, 15) is 32.2 Å². The molecule has 4 N–H and O–H groups in total. The first kappa shape index (κ1) is 30.4. The molecule has 13 heteroatoms. The quantitative estimate of drug-likeness (QED) is 0.233. The van der Waals surface area contributed by atoms with Gasteiger partial charge >= 0.3 is 6.09 Å². The monoisotopic (exact) mass is 597 g/mol. The van der Waals surface area contributed by atoms with Gasteiger partial charge in [-0.05, 0) is 68.5 Å². The molecule has 2 aromatic carbocycles. The first-order chi connectivity index (χ1) is 19.5. The molecule has 1 amide bonds. The number of benzene rings is 2. The van der Waals surface area contributed by atoms with Gasteiger partial charge < -0.3 is 15.5 Å². The molecule has 2 aromatic heterocycles. The van der Waals surface area contributed by atoms with Crippen molar-refractivity contribution < 1.29 is 32.2 Å². The molecule has 0 bridgehead atoms. The number of pyridine rings is 1. The van der Waals surface area contributed by atoms with Gasteiger partial charge in [-0.25, -0.2) is 27.0 Å². The molecule has 4 aromatic rings. The third kappa shape index (κ3) is 7.20. The molecule has 0 fully saturated rings. The molecular formula is C29H29F2N5O5S. The number of carbonyl (C=O) groups is 1. The highest BCUT2D eigenvalue weighted by molar-refractivity contribution is 7.92. The number of carboxylic acid groups (broad SMARTS) is 1. The van der Waals surface area contributed by atoms with Crippen LogP contribution in [0.3, 0.4) is 0 Å². The van der Waals surface area contributed by atoms with E-state index in [1.54, 1.807) is 38.2 Å². The van der Waals surface area contributed by atoms with Crippen LogP contribution in [0.25, 0.3) is 22.0 Å². The van der Waals surface area contributed by atoms with E-state index in [1.807, 2.05) is 0 Å². The standard InChI is InChI=1S/C29H29F2N5O5S/c1-16-6-8-22(26-24(16)27(34-36(26)4)35-42(5,40)41)21-9-7-20(10-11-29(2,3)39)32-25(21)23(33-28(37)38)14-17-12-18(30)15-19(31)13-17/h6-9,12-13,15,23,33,39H,14H2,1-5H3,(H,34,35)(H,37,38). The molecule has 4 rings (SSSR count). The van der Waals surface area contributed by atoms with Crippen molar-refractivity contribution in [3.8, 4) is 23.0 Å². The van der Waals surface area contributed by atoms with Gasteiger partial charge in [-0.15, -0.1) is 0 Å². The fraction of sp³-hybridized carbons (Fsp3) is 0.276. The van der Waals surface area contributed by atoms with Crippen molar-refractivity contribution in [2.24, 2.45) is 7.05 Å². The second-order valence-corrected chi connectivity index (χ2v) is 12.2. The predicted octanol–water partition coefficient (Wildman–Crippen LogP) is 4.27. The van der Waals surface area contributed by atoms with Crippen molar-refractivity contribution in [3.63, 3.8) is 0 Å². The normalized spacial score (nSPS) is 12.5. The van der Waals surface area contributed by atoms with Gasteiger partial charge in [0.05, 0.1) is 23.5 Å². The Labute approximate surface area is 241 Å². The zero-order chi connectivity index (χ0) is 31.0. The van der Waals surface area contributed by atoms with Crippen molar-refractivity contribution in [1.82, 2.24) is 20.1 Å². The van der Waals surface area contributed by atoms with Gasteiger partial charge in [0, 0.05) is 29.6 Å². The number of amides is 1. The Kier molecular flexibility index (Phi) is 8.25. The molecule has 0 saturated heterocycles. The molecule has 0 saturated carbocycles. The van der Waals surface area contributed by atoms with E-state index in [4.69, 9.17) is 0 Å². The highest BCUT2D eigenvalue weighted by atomic mass is 32.2. The van der Waals surface area contributed by atoms with Crippen LogP contribution in [0.2, 0.25) is 0 Å². The molecule has 0 radical (unpaired) electrons. The number of aryl methyl sites for hydroxylation is 2. The number of halogens is 2. The third-order valence-corrected chi connectivity index (χ3v) is 6.74. The minimum Gasteiger partial charge on any atom is -0.465 e. The van der Waals surface area contributed by atoms with Gasteiger partial charge in [-0.1, -0.05) is 18.1 Å². The Bertz CT molecular complexity index is 1850. The fourth-order valence-corrected chi connectivity index (χ4v) is 5.12. The van der Waals surface area contributed by atoms with E-state index >= 15 is 0 Å². The van der Waals surface area contributed by atoms with Crippen LogP contribution in [-0.4, -0.2) is 51.3 Å². The number of anilines is 1. The maximum atomic E-state index is 14.0. The summed E-state index contributed by atoms with van der Waals surface area (Å²) in [5.74, 6) is 3.92. The lowest BCUT2D eigenvalue weighted by molar-refractivity contribution is 0.143. The maximum absolute atomic E-state index is 14.0. The Hall–Kier alpha value is -4.54. The Morgan fingerprint density at radius 1 is 1.12 bits per heavy atom. The van der Waals surface area contributed by atoms with Gasteiger partial charge in [-0.3, -0.25) is 9.40 Å². The lowest BCUT2D eigenvalue weighted by Gasteiger charge is -2.21. The summed E-state index contributed by atoms with van der Waals surface area (Å²) in [5, 5.41) is 27.1. The summed E-state index contributed by atoms with van der Waals surface area (Å²) in [6.07, 6.45) is -0.545. The predicted molar refractivity (Wildman–Crippen MR) is 154 cm³/mol. The van der Waals surface area contributed by atoms with E-state index in [0.717, 1.165) is 24.0 Å². The molecule has 0 aliphatic heterocycles. The van der Waals surface area contributed by atoms with Crippen molar-refractivity contribution in [2.45, 2.75) is 38.8 Å². The molecule has 10 nitrogen and oxygen atoms in total. The number of hydrogen-bond donors (Lipinski definition) is 4. The van der Waals surface area contributed by atoms with Crippen LogP contribution in [0, 0.1) is 30.4 Å². The van der Waals surface area contributed by atoms with Crippen LogP contribution in [0.5, 0.6) is 0 Å². The average molecular weight is 598 g/mol. The smallest absolute Gasteiger partial charge is 0.405 e. The molecule has 0 aliphatic carbocycles. The number of nitrogens with zero attached hydrogens (tertiary/aromatic N) is 3. The summed E-state index contributed by atoms with van der Waals surface area (Å²) in [7, 11) is -2.02. The van der Waals surface area contributed by atoms with Gasteiger partial charge in [-0.2, -0.15) is 5.10 Å². The molecule has 2 heterocycles. The summed E-state index contributed by atoms with van der Waals surface area (Å²) in [6, 6.07) is 8.62. The Morgan fingerprint density at radius 2 is 1.76 bits per heavy atom. The van der Waals surface area contributed by atoms with Crippen LogP contribution in [0.4, 0.5) is 19.4 Å². The molecule has 220 valence electrons. The summed E-state index contributed by atoms with van der Waals surface area (Å²) in [6.45, 7) is 4.79. The third-order valence-electron chi connectivity index (χ3n) is 6.18. The maximum Gasteiger partial charge on any atom is 0.405 e. The second-order valence-electron chi connectivity index (χ2n) is 10.4. The van der Waals surface area contributed by atoms with Crippen molar-refractivity contribution in [3.05, 3.63) is 76.6 Å². The number of aliphatic hydroxyl groups is 1. The zero-order valence-corrected chi connectivity index (χ0v) is 24.3. The number of aromatic nitrogens is 3. The number of fused-ring (bicyclic) bond motifs is 1. The van der Waals surface area contributed by atoms with Crippen molar-refractivity contribution in [2.75, 3.05) is 11.0 Å². The summed E-state index contributed by atoms with van der Waals surface area (Å²) < 4.78 is 56.1. The second kappa shape index (κ2) is 11.4. The fourth-order valence-electron chi connectivity index (χ4n) is 4.63. The van der Waals surface area contributed by atoms with E-state index in [2.05, 4.69) is 32.0 Å². The lowest BCUT2D eigenvalue weighted by atomic mass is 9.93. The number of rotatable bonds is 7. The SMILES string of the molecule is Cc1ccc(-c2ccc(C#CC(C)(C)O)nc2C(Cc2cc(F)cc(F)c2)NC(=O)O)c2c1c(NS(C)(=O)=O)nn2C. The van der Waals surface area contributed by atoms with Crippen molar-refractivity contribution in [1.29, 1.82) is 0 Å². The first-order valence-electron chi connectivity index (χ1n) is 12.7. The highest BCUT2D eigenvalue weighted by Gasteiger charge is 2.25. The molecular weight excluding hydrogens is 568 g/mol. The Balaban J connectivity index is 2.00. The van der Waals surface area contributed by atoms with E-state index in [0.29, 0.717) is 28.1 Å². The van der Waals surface area contributed by atoms with Gasteiger partial charge in [0.1, 0.15) is 22.9 Å². The first-order valence-corrected chi connectivity index (χ1v) is 14.6. The number of nitrogens with one attached hydrogen (secondary N) is 2. The van der Waals surface area contributed by atoms with E-state index in [-0.39, 0.29) is 29.2 Å². The van der Waals surface area contributed by atoms with Gasteiger partial charge in [0.2, 0.25) is 10.0 Å². The van der Waals surface area contributed by atoms with Crippen LogP contribution in [0.1, 0.15) is 42.4 Å². The van der Waals surface area contributed by atoms with Crippen LogP contribution in [-0.2, 0) is 23.5 Å². The molecule has 1 unspecified atom stereocenters. The minimum absolute atomic E-state index is 0.118. The number of sulfonamides is 1. The summed E-state index contributed by atoms with van der Waals surface area (Å²) in [5.41, 5.74) is 1.49. The summed E-state index contributed by atoms with van der Waals surface area (Å²) in [4.78, 5) is 16.5. The lowest BCUT2D eigenvalue weighted by Crippen LogP contribution is -2.30. The van der Waals surface area contributed by atoms with Crippen LogP contribution < -0.4 is 10.0 Å². The highest BCUT2D eigenvalue weighted by Crippen LogP contribution is 2.38. The van der Waals surface area contributed by atoms with Gasteiger partial charge in [0.15, 0.2) is 5.82 Å². The van der Waals surface area contributed by atoms with Crippen LogP contribution in [0.15, 0.2) is 42.5 Å². The van der Waals surface area contributed by atoms with E-state index in [1.165, 1.54) is 18.5 Å². The van der Waals surface area contributed by atoms with Gasteiger partial charge in [0.25, 0.3) is 0 Å². The number of hydrogen-bond acceptors (Lipinski definition) is 6. The minimum atomic E-state index is -3.66. The topological polar surface area (TPSA) is 146 Å².